The number of rotatable bonds is 7. The number of ether oxygens (including phenoxy) is 1. The highest BCUT2D eigenvalue weighted by atomic mass is 16.5. The fraction of sp³-hybridized carbons (Fsp3) is 0.611. The number of aromatic nitrogens is 4. The third-order valence-electron chi connectivity index (χ3n) is 3.57. The van der Waals surface area contributed by atoms with Gasteiger partial charge in [-0.15, -0.1) is 0 Å². The molecule has 0 amide bonds. The average Bonchev–Trinajstić information content (AvgIpc) is 2.92. The van der Waals surface area contributed by atoms with Crippen LogP contribution in [0.2, 0.25) is 0 Å². The summed E-state index contributed by atoms with van der Waals surface area (Å²) in [5, 5.41) is 7.84. The lowest BCUT2D eigenvalue weighted by Gasteiger charge is -2.18. The zero-order valence-corrected chi connectivity index (χ0v) is 15.6. The van der Waals surface area contributed by atoms with E-state index in [-0.39, 0.29) is 5.41 Å². The smallest absolute Gasteiger partial charge is 0.153 e. The van der Waals surface area contributed by atoms with E-state index in [1.165, 1.54) is 0 Å². The molecule has 0 radical (unpaired) electrons. The van der Waals surface area contributed by atoms with Gasteiger partial charge < -0.3 is 10.1 Å². The molecule has 0 atom stereocenters. The van der Waals surface area contributed by atoms with Crippen molar-refractivity contribution < 1.29 is 4.74 Å². The quantitative estimate of drug-likeness (QED) is 0.833. The molecule has 1 N–H and O–H groups in total. The van der Waals surface area contributed by atoms with Crippen LogP contribution in [0, 0.1) is 5.92 Å². The molecule has 6 nitrogen and oxygen atoms in total. The van der Waals surface area contributed by atoms with Gasteiger partial charge in [-0.3, -0.25) is 4.68 Å². The summed E-state index contributed by atoms with van der Waals surface area (Å²) in [5.74, 6) is 2.99. The minimum Gasteiger partial charge on any atom is -0.378 e. The maximum Gasteiger partial charge on any atom is 0.153 e. The van der Waals surface area contributed by atoms with E-state index in [1.54, 1.807) is 7.11 Å². The molecular formula is C18H29N5O. The van der Waals surface area contributed by atoms with Crippen molar-refractivity contribution in [3.05, 3.63) is 29.8 Å². The summed E-state index contributed by atoms with van der Waals surface area (Å²) in [6.45, 7) is 12.1. The second-order valence-corrected chi connectivity index (χ2v) is 7.52. The lowest BCUT2D eigenvalue weighted by atomic mass is 9.95. The second-order valence-electron chi connectivity index (χ2n) is 7.52. The van der Waals surface area contributed by atoms with Crippen LogP contribution in [0.15, 0.2) is 18.3 Å². The minimum absolute atomic E-state index is 0.128. The third kappa shape index (κ3) is 5.30. The molecule has 0 saturated heterocycles. The molecule has 0 spiro atoms. The summed E-state index contributed by atoms with van der Waals surface area (Å²) < 4.78 is 7.18. The van der Waals surface area contributed by atoms with Gasteiger partial charge in [-0.25, -0.2) is 9.97 Å². The van der Waals surface area contributed by atoms with Gasteiger partial charge in [0.2, 0.25) is 0 Å². The maximum absolute atomic E-state index is 5.22. The molecule has 132 valence electrons. The summed E-state index contributed by atoms with van der Waals surface area (Å²) in [6, 6.07) is 3.88. The first-order valence-electron chi connectivity index (χ1n) is 8.46. The van der Waals surface area contributed by atoms with Crippen LogP contribution < -0.4 is 5.32 Å². The molecule has 6 heteroatoms. The van der Waals surface area contributed by atoms with Crippen molar-refractivity contribution >= 4 is 11.6 Å². The minimum atomic E-state index is -0.128. The number of aryl methyl sites for hydroxylation is 1. The highest BCUT2D eigenvalue weighted by Gasteiger charge is 2.19. The largest absolute Gasteiger partial charge is 0.378 e. The Balaban J connectivity index is 2.17. The Hall–Kier alpha value is -1.95. The molecule has 0 bridgehead atoms. The highest BCUT2D eigenvalue weighted by Crippen LogP contribution is 2.22. The van der Waals surface area contributed by atoms with Crippen molar-refractivity contribution in [2.75, 3.05) is 12.4 Å². The molecule has 0 aliphatic heterocycles. The molecule has 0 fully saturated rings. The summed E-state index contributed by atoms with van der Waals surface area (Å²) in [7, 11) is 1.67. The zero-order valence-electron chi connectivity index (χ0n) is 15.6. The molecule has 2 aromatic heterocycles. The number of methoxy groups -OCH3 is 1. The molecule has 0 aliphatic carbocycles. The second kappa shape index (κ2) is 7.75. The lowest BCUT2D eigenvalue weighted by molar-refractivity contribution is 0.181. The standard InChI is InChI=1S/C18H29N5O/c1-13(2)7-9-23-10-8-15(22-23)20-16-11-14(12-24-6)19-17(21-16)18(3,4)5/h8,10-11,13H,7,9,12H2,1-6H3,(H,19,20,21,22). The maximum atomic E-state index is 5.22. The summed E-state index contributed by atoms with van der Waals surface area (Å²) >= 11 is 0. The van der Waals surface area contributed by atoms with E-state index < -0.39 is 0 Å². The van der Waals surface area contributed by atoms with Gasteiger partial charge in [0, 0.05) is 37.4 Å². The van der Waals surface area contributed by atoms with E-state index in [2.05, 4.69) is 55.0 Å². The summed E-state index contributed by atoms with van der Waals surface area (Å²) in [6.07, 6.45) is 3.10. The predicted octanol–water partition coefficient (Wildman–Crippen LogP) is 3.91. The SMILES string of the molecule is COCc1cc(Nc2ccn(CCC(C)C)n2)nc(C(C)(C)C)n1. The summed E-state index contributed by atoms with van der Waals surface area (Å²) in [5.41, 5.74) is 0.732. The van der Waals surface area contributed by atoms with Crippen LogP contribution in [0.1, 0.15) is 52.6 Å². The van der Waals surface area contributed by atoms with Gasteiger partial charge in [0.15, 0.2) is 5.82 Å². The van der Waals surface area contributed by atoms with Crippen LogP contribution in [-0.2, 0) is 23.3 Å². The van der Waals surface area contributed by atoms with Gasteiger partial charge in [0.1, 0.15) is 11.6 Å². The van der Waals surface area contributed by atoms with Gasteiger partial charge in [0.25, 0.3) is 0 Å². The molecule has 0 saturated carbocycles. The van der Waals surface area contributed by atoms with Crippen LogP contribution in [-0.4, -0.2) is 26.9 Å². The molecule has 0 aromatic carbocycles. The number of hydrogen-bond acceptors (Lipinski definition) is 5. The Morgan fingerprint density at radius 3 is 2.58 bits per heavy atom. The van der Waals surface area contributed by atoms with Crippen LogP contribution >= 0.6 is 0 Å². The van der Waals surface area contributed by atoms with Crippen molar-refractivity contribution in [3.8, 4) is 0 Å². The summed E-state index contributed by atoms with van der Waals surface area (Å²) in [4.78, 5) is 9.23. The van der Waals surface area contributed by atoms with E-state index >= 15 is 0 Å². The van der Waals surface area contributed by atoms with Gasteiger partial charge in [-0.1, -0.05) is 34.6 Å². The van der Waals surface area contributed by atoms with Crippen molar-refractivity contribution in [3.63, 3.8) is 0 Å². The first-order chi connectivity index (χ1) is 11.3. The van der Waals surface area contributed by atoms with Crippen LogP contribution in [0.4, 0.5) is 11.6 Å². The number of nitrogens with one attached hydrogen (secondary N) is 1. The Bertz CT molecular complexity index is 658. The van der Waals surface area contributed by atoms with Gasteiger partial charge in [-0.05, 0) is 12.3 Å². The van der Waals surface area contributed by atoms with Crippen molar-refractivity contribution in [2.45, 2.75) is 59.6 Å². The molecule has 2 aromatic rings. The number of nitrogens with zero attached hydrogens (tertiary/aromatic N) is 4. The fourth-order valence-corrected chi connectivity index (χ4v) is 2.19. The highest BCUT2D eigenvalue weighted by molar-refractivity contribution is 5.51. The van der Waals surface area contributed by atoms with Gasteiger partial charge >= 0.3 is 0 Å². The molecule has 24 heavy (non-hydrogen) atoms. The molecule has 2 heterocycles. The van der Waals surface area contributed by atoms with Crippen molar-refractivity contribution in [1.82, 2.24) is 19.7 Å². The zero-order chi connectivity index (χ0) is 17.7. The monoisotopic (exact) mass is 331 g/mol. The predicted molar refractivity (Wildman–Crippen MR) is 96.4 cm³/mol. The van der Waals surface area contributed by atoms with E-state index in [1.807, 2.05) is 23.0 Å². The molecule has 0 unspecified atom stereocenters. The van der Waals surface area contributed by atoms with E-state index in [0.29, 0.717) is 12.5 Å². The molecule has 2 rings (SSSR count). The Morgan fingerprint density at radius 2 is 1.96 bits per heavy atom. The van der Waals surface area contributed by atoms with E-state index in [4.69, 9.17) is 4.74 Å². The van der Waals surface area contributed by atoms with Crippen molar-refractivity contribution in [1.29, 1.82) is 0 Å². The van der Waals surface area contributed by atoms with Crippen LogP contribution in [0.5, 0.6) is 0 Å². The normalized spacial score (nSPS) is 12.0. The van der Waals surface area contributed by atoms with Crippen LogP contribution in [0.25, 0.3) is 0 Å². The Morgan fingerprint density at radius 1 is 1.21 bits per heavy atom. The van der Waals surface area contributed by atoms with E-state index in [0.717, 1.165) is 36.1 Å². The first kappa shape index (κ1) is 18.4. The number of anilines is 2. The fourth-order valence-electron chi connectivity index (χ4n) is 2.19. The van der Waals surface area contributed by atoms with E-state index in [9.17, 15) is 0 Å². The topological polar surface area (TPSA) is 64.9 Å². The lowest BCUT2D eigenvalue weighted by Crippen LogP contribution is -2.18. The average molecular weight is 331 g/mol. The Labute approximate surface area is 144 Å². The molecular weight excluding hydrogens is 302 g/mol. The van der Waals surface area contributed by atoms with Crippen LogP contribution in [0.3, 0.4) is 0 Å². The van der Waals surface area contributed by atoms with Crippen molar-refractivity contribution in [2.24, 2.45) is 5.92 Å². The Kier molecular flexibility index (Phi) is 5.94. The molecule has 0 aliphatic rings. The van der Waals surface area contributed by atoms with Gasteiger partial charge in [-0.2, -0.15) is 5.10 Å². The third-order valence-corrected chi connectivity index (χ3v) is 3.57. The first-order valence-corrected chi connectivity index (χ1v) is 8.46. The number of hydrogen-bond donors (Lipinski definition) is 1. The van der Waals surface area contributed by atoms with Gasteiger partial charge in [0.05, 0.1) is 12.3 Å².